The standard InChI is InChI=1S/C13H16F4N2/c14-11-4-2-1-3-10(11)12(18)7-19(9-5-6-9)8-13(15,16)17/h1-4,9,12H,5-8,18H2. The van der Waals surface area contributed by atoms with Gasteiger partial charge in [-0.25, -0.2) is 4.39 Å². The van der Waals surface area contributed by atoms with E-state index in [4.69, 9.17) is 5.73 Å². The van der Waals surface area contributed by atoms with Gasteiger partial charge in [0.25, 0.3) is 0 Å². The molecule has 2 N–H and O–H groups in total. The van der Waals surface area contributed by atoms with Crippen LogP contribution in [0.4, 0.5) is 17.6 Å². The number of hydrogen-bond acceptors (Lipinski definition) is 2. The van der Waals surface area contributed by atoms with Crippen molar-refractivity contribution in [1.82, 2.24) is 4.90 Å². The molecule has 1 aliphatic rings. The van der Waals surface area contributed by atoms with E-state index in [-0.39, 0.29) is 18.2 Å². The van der Waals surface area contributed by atoms with Gasteiger partial charge in [-0.15, -0.1) is 0 Å². The molecule has 106 valence electrons. The number of nitrogens with two attached hydrogens (primary N) is 1. The van der Waals surface area contributed by atoms with Crippen LogP contribution in [-0.2, 0) is 0 Å². The van der Waals surface area contributed by atoms with Crippen molar-refractivity contribution in [2.75, 3.05) is 13.1 Å². The summed E-state index contributed by atoms with van der Waals surface area (Å²) >= 11 is 0. The Morgan fingerprint density at radius 3 is 2.42 bits per heavy atom. The minimum Gasteiger partial charge on any atom is -0.323 e. The van der Waals surface area contributed by atoms with E-state index in [0.29, 0.717) is 0 Å². The van der Waals surface area contributed by atoms with E-state index in [0.717, 1.165) is 12.8 Å². The maximum Gasteiger partial charge on any atom is 0.401 e. The first-order chi connectivity index (χ1) is 8.87. The summed E-state index contributed by atoms with van der Waals surface area (Å²) in [6, 6.07) is 5.12. The molecule has 0 bridgehead atoms. The molecule has 0 heterocycles. The predicted octanol–water partition coefficient (Wildman–Crippen LogP) is 2.85. The van der Waals surface area contributed by atoms with Crippen molar-refractivity contribution in [3.63, 3.8) is 0 Å². The largest absolute Gasteiger partial charge is 0.401 e. The Balaban J connectivity index is 2.03. The van der Waals surface area contributed by atoms with Gasteiger partial charge in [-0.05, 0) is 18.9 Å². The van der Waals surface area contributed by atoms with E-state index in [1.165, 1.54) is 23.1 Å². The Bertz CT molecular complexity index is 429. The van der Waals surface area contributed by atoms with Gasteiger partial charge in [0.05, 0.1) is 6.54 Å². The fourth-order valence-corrected chi connectivity index (χ4v) is 2.14. The normalized spacial score (nSPS) is 17.8. The Kier molecular flexibility index (Phi) is 4.10. The average Bonchev–Trinajstić information content (AvgIpc) is 3.10. The van der Waals surface area contributed by atoms with Crippen molar-refractivity contribution in [2.45, 2.75) is 31.1 Å². The van der Waals surface area contributed by atoms with Crippen LogP contribution in [0.5, 0.6) is 0 Å². The highest BCUT2D eigenvalue weighted by Gasteiger charge is 2.38. The van der Waals surface area contributed by atoms with E-state index in [2.05, 4.69) is 0 Å². The Morgan fingerprint density at radius 2 is 1.89 bits per heavy atom. The molecule has 0 amide bonds. The number of nitrogens with zero attached hydrogens (tertiary/aromatic N) is 1. The molecule has 0 spiro atoms. The zero-order valence-corrected chi connectivity index (χ0v) is 10.3. The molecule has 1 saturated carbocycles. The first-order valence-electron chi connectivity index (χ1n) is 6.17. The Morgan fingerprint density at radius 1 is 1.26 bits per heavy atom. The van der Waals surface area contributed by atoms with Gasteiger partial charge < -0.3 is 5.73 Å². The summed E-state index contributed by atoms with van der Waals surface area (Å²) in [6.45, 7) is -0.967. The fourth-order valence-electron chi connectivity index (χ4n) is 2.14. The molecule has 2 nitrogen and oxygen atoms in total. The SMILES string of the molecule is NC(CN(CC(F)(F)F)C1CC1)c1ccccc1F. The van der Waals surface area contributed by atoms with Crippen LogP contribution in [0.1, 0.15) is 24.4 Å². The Hall–Kier alpha value is -1.14. The monoisotopic (exact) mass is 276 g/mol. The van der Waals surface area contributed by atoms with Crippen molar-refractivity contribution in [3.05, 3.63) is 35.6 Å². The van der Waals surface area contributed by atoms with Crippen molar-refractivity contribution in [1.29, 1.82) is 0 Å². The third-order valence-corrected chi connectivity index (χ3v) is 3.18. The second-order valence-electron chi connectivity index (χ2n) is 4.90. The van der Waals surface area contributed by atoms with Gasteiger partial charge in [0.15, 0.2) is 0 Å². The number of hydrogen-bond donors (Lipinski definition) is 1. The van der Waals surface area contributed by atoms with E-state index in [9.17, 15) is 17.6 Å². The zero-order chi connectivity index (χ0) is 14.0. The lowest BCUT2D eigenvalue weighted by Crippen LogP contribution is -2.40. The quantitative estimate of drug-likeness (QED) is 0.838. The molecule has 0 aromatic heterocycles. The highest BCUT2D eigenvalue weighted by Crippen LogP contribution is 2.31. The van der Waals surface area contributed by atoms with E-state index < -0.39 is 24.6 Å². The molecule has 0 saturated heterocycles. The van der Waals surface area contributed by atoms with Crippen LogP contribution in [-0.4, -0.2) is 30.2 Å². The fraction of sp³-hybridized carbons (Fsp3) is 0.538. The second-order valence-corrected chi connectivity index (χ2v) is 4.90. The summed E-state index contributed by atoms with van der Waals surface area (Å²) in [7, 11) is 0. The lowest BCUT2D eigenvalue weighted by Gasteiger charge is -2.26. The van der Waals surface area contributed by atoms with Gasteiger partial charge in [0.1, 0.15) is 5.82 Å². The van der Waals surface area contributed by atoms with Crippen LogP contribution in [0.2, 0.25) is 0 Å². The molecule has 1 aliphatic carbocycles. The van der Waals surface area contributed by atoms with Gasteiger partial charge in [0.2, 0.25) is 0 Å². The third kappa shape index (κ3) is 4.18. The van der Waals surface area contributed by atoms with Crippen LogP contribution in [0.3, 0.4) is 0 Å². The molecule has 6 heteroatoms. The van der Waals surface area contributed by atoms with Gasteiger partial charge in [0, 0.05) is 24.2 Å². The average molecular weight is 276 g/mol. The van der Waals surface area contributed by atoms with Crippen LogP contribution in [0, 0.1) is 5.82 Å². The maximum absolute atomic E-state index is 13.5. The molecule has 0 aliphatic heterocycles. The summed E-state index contributed by atoms with van der Waals surface area (Å²) in [6.07, 6.45) is -2.75. The van der Waals surface area contributed by atoms with Gasteiger partial charge in [-0.2, -0.15) is 13.2 Å². The van der Waals surface area contributed by atoms with Gasteiger partial charge in [-0.3, -0.25) is 4.90 Å². The molecule has 19 heavy (non-hydrogen) atoms. The zero-order valence-electron chi connectivity index (χ0n) is 10.3. The van der Waals surface area contributed by atoms with Crippen molar-refractivity contribution in [3.8, 4) is 0 Å². The van der Waals surface area contributed by atoms with Crippen LogP contribution in [0.15, 0.2) is 24.3 Å². The highest BCUT2D eigenvalue weighted by molar-refractivity contribution is 5.21. The van der Waals surface area contributed by atoms with Crippen LogP contribution >= 0.6 is 0 Å². The van der Waals surface area contributed by atoms with Gasteiger partial charge >= 0.3 is 6.18 Å². The summed E-state index contributed by atoms with van der Waals surface area (Å²) in [5.41, 5.74) is 6.09. The van der Waals surface area contributed by atoms with E-state index in [1.54, 1.807) is 6.07 Å². The van der Waals surface area contributed by atoms with E-state index >= 15 is 0 Å². The summed E-state index contributed by atoms with van der Waals surface area (Å²) in [4.78, 5) is 1.30. The molecule has 0 radical (unpaired) electrons. The first-order valence-corrected chi connectivity index (χ1v) is 6.17. The smallest absolute Gasteiger partial charge is 0.323 e. The molecular weight excluding hydrogens is 260 g/mol. The van der Waals surface area contributed by atoms with Crippen molar-refractivity contribution >= 4 is 0 Å². The summed E-state index contributed by atoms with van der Waals surface area (Å²) in [5.74, 6) is -0.474. The number of rotatable bonds is 5. The summed E-state index contributed by atoms with van der Waals surface area (Å²) < 4.78 is 50.9. The minimum absolute atomic E-state index is 0.0190. The number of halogens is 4. The second kappa shape index (κ2) is 5.46. The van der Waals surface area contributed by atoms with Crippen LogP contribution < -0.4 is 5.73 Å². The van der Waals surface area contributed by atoms with E-state index in [1.807, 2.05) is 0 Å². The highest BCUT2D eigenvalue weighted by atomic mass is 19.4. The topological polar surface area (TPSA) is 29.3 Å². The first kappa shape index (κ1) is 14.3. The molecule has 1 fully saturated rings. The molecular formula is C13H16F4N2. The molecule has 1 aromatic carbocycles. The molecule has 1 unspecified atom stereocenters. The molecule has 2 rings (SSSR count). The van der Waals surface area contributed by atoms with Gasteiger partial charge in [-0.1, -0.05) is 18.2 Å². The predicted molar refractivity (Wildman–Crippen MR) is 64.0 cm³/mol. The number of benzene rings is 1. The number of alkyl halides is 3. The maximum atomic E-state index is 13.5. The van der Waals surface area contributed by atoms with Crippen LogP contribution in [0.25, 0.3) is 0 Å². The van der Waals surface area contributed by atoms with Crippen molar-refractivity contribution in [2.24, 2.45) is 5.73 Å². The van der Waals surface area contributed by atoms with Crippen molar-refractivity contribution < 1.29 is 17.6 Å². The Labute approximate surface area is 109 Å². The summed E-state index contributed by atoms with van der Waals surface area (Å²) in [5, 5.41) is 0. The lowest BCUT2D eigenvalue weighted by molar-refractivity contribution is -0.147. The molecule has 1 atom stereocenters. The molecule has 1 aromatic rings. The lowest BCUT2D eigenvalue weighted by atomic mass is 10.1. The third-order valence-electron chi connectivity index (χ3n) is 3.18. The minimum atomic E-state index is -4.25.